The highest BCUT2D eigenvalue weighted by Gasteiger charge is 2.33. The maximum atomic E-state index is 4.28. The molecule has 2 unspecified atom stereocenters. The summed E-state index contributed by atoms with van der Waals surface area (Å²) in [5.74, 6) is 1.72. The summed E-state index contributed by atoms with van der Waals surface area (Å²) < 4.78 is 0. The molecule has 1 aromatic carbocycles. The van der Waals surface area contributed by atoms with Crippen molar-refractivity contribution in [2.45, 2.75) is 32.2 Å². The number of aromatic amines is 1. The highest BCUT2D eigenvalue weighted by molar-refractivity contribution is 5.83. The first-order chi connectivity index (χ1) is 10.3. The maximum Gasteiger partial charge on any atom is 0.191 e. The van der Waals surface area contributed by atoms with Crippen molar-refractivity contribution in [1.29, 1.82) is 0 Å². The predicted octanol–water partition coefficient (Wildman–Crippen LogP) is 2.67. The largest absolute Gasteiger partial charge is 0.361 e. The Morgan fingerprint density at radius 1 is 1.38 bits per heavy atom. The van der Waals surface area contributed by atoms with Crippen molar-refractivity contribution >= 4 is 16.9 Å². The minimum Gasteiger partial charge on any atom is -0.361 e. The third kappa shape index (κ3) is 3.38. The van der Waals surface area contributed by atoms with E-state index in [0.29, 0.717) is 6.04 Å². The van der Waals surface area contributed by atoms with Crippen molar-refractivity contribution in [3.05, 3.63) is 36.0 Å². The van der Waals surface area contributed by atoms with Gasteiger partial charge in [-0.25, -0.2) is 0 Å². The van der Waals surface area contributed by atoms with Gasteiger partial charge in [-0.15, -0.1) is 0 Å². The number of para-hydroxylation sites is 1. The molecule has 2 atom stereocenters. The fourth-order valence-corrected chi connectivity index (χ4v) is 2.72. The van der Waals surface area contributed by atoms with Crippen molar-refractivity contribution in [2.75, 3.05) is 13.6 Å². The van der Waals surface area contributed by atoms with Crippen LogP contribution in [0.4, 0.5) is 0 Å². The van der Waals surface area contributed by atoms with Crippen molar-refractivity contribution < 1.29 is 0 Å². The summed E-state index contributed by atoms with van der Waals surface area (Å²) >= 11 is 0. The molecule has 4 nitrogen and oxygen atoms in total. The van der Waals surface area contributed by atoms with E-state index in [-0.39, 0.29) is 0 Å². The van der Waals surface area contributed by atoms with Gasteiger partial charge in [0, 0.05) is 36.7 Å². The standard InChI is InChI=1S/C17H24N4/c1-12-10-16(12)21-17(18-2)19-9-5-6-13-11-20-15-8-4-3-7-14(13)15/h3-4,7-8,11-12,16,20H,5-6,9-10H2,1-2H3,(H2,18,19,21). The summed E-state index contributed by atoms with van der Waals surface area (Å²) in [6, 6.07) is 9.09. The van der Waals surface area contributed by atoms with Gasteiger partial charge >= 0.3 is 0 Å². The van der Waals surface area contributed by atoms with Crippen molar-refractivity contribution in [2.24, 2.45) is 10.9 Å². The van der Waals surface area contributed by atoms with Gasteiger partial charge in [-0.1, -0.05) is 25.1 Å². The average Bonchev–Trinajstić information content (AvgIpc) is 3.05. The van der Waals surface area contributed by atoms with Crippen LogP contribution in [0.5, 0.6) is 0 Å². The molecule has 2 aromatic rings. The van der Waals surface area contributed by atoms with E-state index < -0.39 is 0 Å². The fourth-order valence-electron chi connectivity index (χ4n) is 2.72. The molecule has 1 aliphatic carbocycles. The van der Waals surface area contributed by atoms with Crippen molar-refractivity contribution in [1.82, 2.24) is 15.6 Å². The summed E-state index contributed by atoms with van der Waals surface area (Å²) in [5, 5.41) is 8.19. The summed E-state index contributed by atoms with van der Waals surface area (Å²) in [6.45, 7) is 3.21. The second kappa shape index (κ2) is 6.20. The Labute approximate surface area is 126 Å². The molecule has 0 bridgehead atoms. The molecule has 0 aliphatic heterocycles. The highest BCUT2D eigenvalue weighted by Crippen LogP contribution is 2.28. The molecule has 21 heavy (non-hydrogen) atoms. The van der Waals surface area contributed by atoms with Gasteiger partial charge in [0.1, 0.15) is 0 Å². The van der Waals surface area contributed by atoms with Crippen molar-refractivity contribution in [3.63, 3.8) is 0 Å². The molecule has 1 aromatic heterocycles. The molecule has 0 radical (unpaired) electrons. The number of nitrogens with zero attached hydrogens (tertiary/aromatic N) is 1. The third-order valence-corrected chi connectivity index (χ3v) is 4.25. The van der Waals surface area contributed by atoms with Gasteiger partial charge in [0.15, 0.2) is 5.96 Å². The Kier molecular flexibility index (Phi) is 4.13. The van der Waals surface area contributed by atoms with Crippen LogP contribution in [0, 0.1) is 5.92 Å². The molecule has 3 rings (SSSR count). The molecule has 112 valence electrons. The Hall–Kier alpha value is -1.97. The molecule has 0 saturated heterocycles. The smallest absolute Gasteiger partial charge is 0.191 e. The number of rotatable bonds is 5. The molecule has 1 fully saturated rings. The quantitative estimate of drug-likeness (QED) is 0.449. The Morgan fingerprint density at radius 3 is 2.95 bits per heavy atom. The first-order valence-corrected chi connectivity index (χ1v) is 7.80. The lowest BCUT2D eigenvalue weighted by Gasteiger charge is -2.11. The number of hydrogen-bond donors (Lipinski definition) is 3. The molecule has 4 heteroatoms. The Bertz CT molecular complexity index is 629. The lowest BCUT2D eigenvalue weighted by molar-refractivity contribution is 0.728. The van der Waals surface area contributed by atoms with E-state index in [9.17, 15) is 0 Å². The van der Waals surface area contributed by atoms with Gasteiger partial charge < -0.3 is 15.6 Å². The molecule has 1 saturated carbocycles. The minimum atomic E-state index is 0.616. The van der Waals surface area contributed by atoms with E-state index in [1.165, 1.54) is 22.9 Å². The van der Waals surface area contributed by atoms with Crippen LogP contribution in [-0.2, 0) is 6.42 Å². The predicted molar refractivity (Wildman–Crippen MR) is 88.7 cm³/mol. The van der Waals surface area contributed by atoms with E-state index in [1.54, 1.807) is 0 Å². The molecule has 0 amide bonds. The maximum absolute atomic E-state index is 4.28. The first kappa shape index (κ1) is 14.0. The molecule has 1 aliphatic rings. The lowest BCUT2D eigenvalue weighted by Crippen LogP contribution is -2.39. The van der Waals surface area contributed by atoms with Gasteiger partial charge in [0.2, 0.25) is 0 Å². The molecule has 3 N–H and O–H groups in total. The number of hydrogen-bond acceptors (Lipinski definition) is 1. The number of aryl methyl sites for hydroxylation is 1. The monoisotopic (exact) mass is 284 g/mol. The summed E-state index contributed by atoms with van der Waals surface area (Å²) in [7, 11) is 1.84. The van der Waals surface area contributed by atoms with Crippen LogP contribution in [-0.4, -0.2) is 30.6 Å². The van der Waals surface area contributed by atoms with Crippen LogP contribution in [0.1, 0.15) is 25.3 Å². The molecular formula is C17H24N4. The normalized spacial score (nSPS) is 21.5. The van der Waals surface area contributed by atoms with E-state index in [2.05, 4.69) is 58.0 Å². The van der Waals surface area contributed by atoms with E-state index in [0.717, 1.165) is 31.3 Å². The fraction of sp³-hybridized carbons (Fsp3) is 0.471. The number of H-pyrrole nitrogens is 1. The highest BCUT2D eigenvalue weighted by atomic mass is 15.2. The third-order valence-electron chi connectivity index (χ3n) is 4.25. The van der Waals surface area contributed by atoms with Gasteiger partial charge in [0.05, 0.1) is 0 Å². The van der Waals surface area contributed by atoms with Gasteiger partial charge in [0.25, 0.3) is 0 Å². The van der Waals surface area contributed by atoms with Crippen LogP contribution in [0.25, 0.3) is 10.9 Å². The lowest BCUT2D eigenvalue weighted by atomic mass is 10.1. The second-order valence-electron chi connectivity index (χ2n) is 5.93. The van der Waals surface area contributed by atoms with Crippen LogP contribution in [0.2, 0.25) is 0 Å². The van der Waals surface area contributed by atoms with Gasteiger partial charge in [-0.05, 0) is 36.8 Å². The number of benzene rings is 1. The van der Waals surface area contributed by atoms with Crippen LogP contribution >= 0.6 is 0 Å². The van der Waals surface area contributed by atoms with Crippen LogP contribution < -0.4 is 10.6 Å². The van der Waals surface area contributed by atoms with E-state index >= 15 is 0 Å². The number of nitrogens with one attached hydrogen (secondary N) is 3. The average molecular weight is 284 g/mol. The summed E-state index contributed by atoms with van der Waals surface area (Å²) in [5.41, 5.74) is 2.62. The number of guanidine groups is 1. The minimum absolute atomic E-state index is 0.616. The number of aromatic nitrogens is 1. The van der Waals surface area contributed by atoms with Crippen LogP contribution in [0.3, 0.4) is 0 Å². The zero-order chi connectivity index (χ0) is 14.7. The molecular weight excluding hydrogens is 260 g/mol. The zero-order valence-electron chi connectivity index (χ0n) is 12.8. The first-order valence-electron chi connectivity index (χ1n) is 7.80. The zero-order valence-corrected chi connectivity index (χ0v) is 12.8. The number of fused-ring (bicyclic) bond motifs is 1. The number of aliphatic imine (C=N–C) groups is 1. The second-order valence-corrected chi connectivity index (χ2v) is 5.93. The van der Waals surface area contributed by atoms with Gasteiger partial charge in [-0.3, -0.25) is 4.99 Å². The summed E-state index contributed by atoms with van der Waals surface area (Å²) in [6.07, 6.45) is 5.57. The molecule has 0 spiro atoms. The molecule has 1 heterocycles. The van der Waals surface area contributed by atoms with E-state index in [1.807, 2.05) is 7.05 Å². The van der Waals surface area contributed by atoms with Gasteiger partial charge in [-0.2, -0.15) is 0 Å². The Balaban J connectivity index is 1.45. The summed E-state index contributed by atoms with van der Waals surface area (Å²) in [4.78, 5) is 7.61. The SMILES string of the molecule is CN=C(NCCCc1c[nH]c2ccccc12)NC1CC1C. The Morgan fingerprint density at radius 2 is 2.19 bits per heavy atom. The topological polar surface area (TPSA) is 52.2 Å². The van der Waals surface area contributed by atoms with Crippen LogP contribution in [0.15, 0.2) is 35.5 Å². The van der Waals surface area contributed by atoms with E-state index in [4.69, 9.17) is 0 Å². The van der Waals surface area contributed by atoms with Crippen molar-refractivity contribution in [3.8, 4) is 0 Å².